The molecule has 0 bridgehead atoms. The second-order valence-electron chi connectivity index (χ2n) is 5.03. The highest BCUT2D eigenvalue weighted by atomic mass is 16.4. The molecule has 4 rings (SSSR count). The average molecular weight is 289 g/mol. The van der Waals surface area contributed by atoms with E-state index in [9.17, 15) is 4.79 Å². The lowest BCUT2D eigenvalue weighted by Crippen LogP contribution is -1.99. The quantitative estimate of drug-likeness (QED) is 0.592. The molecule has 2 N–H and O–H groups in total. The van der Waals surface area contributed by atoms with Crippen LogP contribution in [0.15, 0.2) is 54.6 Å². The van der Waals surface area contributed by atoms with Crippen molar-refractivity contribution >= 4 is 27.8 Å². The van der Waals surface area contributed by atoms with Gasteiger partial charge in [-0.15, -0.1) is 0 Å². The number of aromatic carboxylic acids is 1. The molecule has 0 saturated heterocycles. The van der Waals surface area contributed by atoms with E-state index in [0.717, 1.165) is 16.3 Å². The van der Waals surface area contributed by atoms with Gasteiger partial charge in [-0.3, -0.25) is 5.10 Å². The van der Waals surface area contributed by atoms with E-state index in [1.807, 2.05) is 42.5 Å². The number of hydrogen-bond donors (Lipinski definition) is 2. The minimum absolute atomic E-state index is 0.0101. The first kappa shape index (κ1) is 12.5. The number of fused-ring (bicyclic) bond motifs is 2. The van der Waals surface area contributed by atoms with Crippen LogP contribution in [-0.4, -0.2) is 26.3 Å². The number of aromatic nitrogens is 3. The van der Waals surface area contributed by atoms with Gasteiger partial charge in [-0.25, -0.2) is 9.78 Å². The molecule has 0 aliphatic rings. The molecule has 0 atom stereocenters. The lowest BCUT2D eigenvalue weighted by Gasteiger charge is -2.02. The lowest BCUT2D eigenvalue weighted by molar-refractivity contribution is 0.0691. The number of pyridine rings is 1. The van der Waals surface area contributed by atoms with E-state index in [1.165, 1.54) is 6.07 Å². The third-order valence-electron chi connectivity index (χ3n) is 3.65. The van der Waals surface area contributed by atoms with Crippen molar-refractivity contribution in [2.75, 3.05) is 0 Å². The smallest absolute Gasteiger partial charge is 0.354 e. The predicted octanol–water partition coefficient (Wildman–Crippen LogP) is 3.48. The average Bonchev–Trinajstić information content (AvgIpc) is 2.97. The van der Waals surface area contributed by atoms with E-state index < -0.39 is 5.97 Å². The molecule has 0 radical (unpaired) electrons. The summed E-state index contributed by atoms with van der Waals surface area (Å²) in [5.41, 5.74) is 2.85. The zero-order valence-electron chi connectivity index (χ0n) is 11.4. The number of hydrogen-bond acceptors (Lipinski definition) is 3. The summed E-state index contributed by atoms with van der Waals surface area (Å²) in [6.45, 7) is 0. The topological polar surface area (TPSA) is 78.9 Å². The van der Waals surface area contributed by atoms with Crippen molar-refractivity contribution in [3.05, 3.63) is 60.3 Å². The van der Waals surface area contributed by atoms with E-state index in [1.54, 1.807) is 6.07 Å². The van der Waals surface area contributed by atoms with Crippen LogP contribution in [0.25, 0.3) is 33.1 Å². The van der Waals surface area contributed by atoms with Crippen molar-refractivity contribution in [2.45, 2.75) is 0 Å². The number of carboxylic acid groups (broad SMARTS) is 1. The molecule has 106 valence electrons. The minimum Gasteiger partial charge on any atom is -0.477 e. The zero-order chi connectivity index (χ0) is 15.1. The zero-order valence-corrected chi connectivity index (χ0v) is 11.4. The molecule has 5 nitrogen and oxygen atoms in total. The SMILES string of the molecule is O=C(O)c1ccc2[nH]nc(-c3ccc4ccccc4c3)c2n1. The van der Waals surface area contributed by atoms with Gasteiger partial charge < -0.3 is 5.11 Å². The Hall–Kier alpha value is -3.21. The fourth-order valence-corrected chi connectivity index (χ4v) is 2.56. The van der Waals surface area contributed by atoms with E-state index in [0.29, 0.717) is 16.7 Å². The Morgan fingerprint density at radius 2 is 1.82 bits per heavy atom. The molecule has 0 spiro atoms. The van der Waals surface area contributed by atoms with E-state index in [-0.39, 0.29) is 5.69 Å². The van der Waals surface area contributed by atoms with Gasteiger partial charge in [-0.2, -0.15) is 5.10 Å². The number of H-pyrrole nitrogens is 1. The number of carbonyl (C=O) groups is 1. The van der Waals surface area contributed by atoms with Gasteiger partial charge in [0.05, 0.1) is 5.52 Å². The molecule has 0 fully saturated rings. The van der Waals surface area contributed by atoms with Crippen molar-refractivity contribution < 1.29 is 9.90 Å². The normalized spacial score (nSPS) is 11.1. The van der Waals surface area contributed by atoms with Crippen molar-refractivity contribution in [2.24, 2.45) is 0 Å². The second kappa shape index (κ2) is 4.66. The Morgan fingerprint density at radius 1 is 1.00 bits per heavy atom. The molecule has 2 heterocycles. The summed E-state index contributed by atoms with van der Waals surface area (Å²) in [5, 5.41) is 18.5. The van der Waals surface area contributed by atoms with Gasteiger partial charge in [0.25, 0.3) is 0 Å². The Balaban J connectivity index is 1.95. The maximum Gasteiger partial charge on any atom is 0.354 e. The Morgan fingerprint density at radius 3 is 2.64 bits per heavy atom. The van der Waals surface area contributed by atoms with Crippen LogP contribution in [0.5, 0.6) is 0 Å². The molecule has 0 saturated carbocycles. The van der Waals surface area contributed by atoms with Crippen LogP contribution in [0.1, 0.15) is 10.5 Å². The fourth-order valence-electron chi connectivity index (χ4n) is 2.56. The molecule has 0 aliphatic carbocycles. The van der Waals surface area contributed by atoms with Crippen LogP contribution >= 0.6 is 0 Å². The van der Waals surface area contributed by atoms with Crippen molar-refractivity contribution in [3.8, 4) is 11.3 Å². The fraction of sp³-hybridized carbons (Fsp3) is 0. The molecule has 2 aromatic carbocycles. The third-order valence-corrected chi connectivity index (χ3v) is 3.65. The van der Waals surface area contributed by atoms with E-state index in [2.05, 4.69) is 15.2 Å². The van der Waals surface area contributed by atoms with E-state index in [4.69, 9.17) is 5.11 Å². The monoisotopic (exact) mass is 289 g/mol. The molecule has 5 heteroatoms. The second-order valence-corrected chi connectivity index (χ2v) is 5.03. The summed E-state index contributed by atoms with van der Waals surface area (Å²) in [6.07, 6.45) is 0. The van der Waals surface area contributed by atoms with Crippen LogP contribution in [-0.2, 0) is 0 Å². The van der Waals surface area contributed by atoms with Gasteiger partial charge in [0.1, 0.15) is 16.9 Å². The van der Waals surface area contributed by atoms with Gasteiger partial charge in [0.15, 0.2) is 0 Å². The Labute approximate surface area is 125 Å². The highest BCUT2D eigenvalue weighted by molar-refractivity contribution is 5.96. The Bertz CT molecular complexity index is 1020. The summed E-state index contributed by atoms with van der Waals surface area (Å²) in [5.74, 6) is -1.05. The van der Waals surface area contributed by atoms with Gasteiger partial charge >= 0.3 is 5.97 Å². The van der Waals surface area contributed by atoms with Crippen LogP contribution in [0.2, 0.25) is 0 Å². The summed E-state index contributed by atoms with van der Waals surface area (Å²) in [6, 6.07) is 17.2. The van der Waals surface area contributed by atoms with Crippen LogP contribution in [0.3, 0.4) is 0 Å². The summed E-state index contributed by atoms with van der Waals surface area (Å²) >= 11 is 0. The summed E-state index contributed by atoms with van der Waals surface area (Å²) < 4.78 is 0. The van der Waals surface area contributed by atoms with Gasteiger partial charge in [-0.1, -0.05) is 36.4 Å². The summed E-state index contributed by atoms with van der Waals surface area (Å²) in [7, 11) is 0. The molecule has 2 aromatic heterocycles. The number of nitrogens with one attached hydrogen (secondary N) is 1. The molecule has 4 aromatic rings. The maximum absolute atomic E-state index is 11.1. The van der Waals surface area contributed by atoms with Gasteiger partial charge in [0.2, 0.25) is 0 Å². The largest absolute Gasteiger partial charge is 0.477 e. The minimum atomic E-state index is -1.05. The molecular formula is C17H11N3O2. The standard InChI is InChI=1S/C17H11N3O2/c21-17(22)14-8-7-13-16(18-14)15(20-19-13)12-6-5-10-3-1-2-4-11(10)9-12/h1-9H,(H,19,20)(H,21,22). The number of aromatic amines is 1. The molecule has 0 unspecified atom stereocenters. The first-order valence-electron chi connectivity index (χ1n) is 6.80. The molecule has 0 amide bonds. The van der Waals surface area contributed by atoms with E-state index >= 15 is 0 Å². The first-order chi connectivity index (χ1) is 10.7. The maximum atomic E-state index is 11.1. The van der Waals surface area contributed by atoms with Gasteiger partial charge in [0, 0.05) is 5.56 Å². The van der Waals surface area contributed by atoms with Crippen LogP contribution in [0.4, 0.5) is 0 Å². The predicted molar refractivity (Wildman–Crippen MR) is 83.8 cm³/mol. The third kappa shape index (κ3) is 1.91. The molecule has 22 heavy (non-hydrogen) atoms. The van der Waals surface area contributed by atoms with Gasteiger partial charge in [-0.05, 0) is 29.0 Å². The lowest BCUT2D eigenvalue weighted by atomic mass is 10.0. The molecule has 0 aliphatic heterocycles. The first-order valence-corrected chi connectivity index (χ1v) is 6.80. The van der Waals surface area contributed by atoms with Crippen LogP contribution in [0, 0.1) is 0 Å². The van der Waals surface area contributed by atoms with Crippen molar-refractivity contribution in [3.63, 3.8) is 0 Å². The highest BCUT2D eigenvalue weighted by Crippen LogP contribution is 2.27. The molecular weight excluding hydrogens is 278 g/mol. The number of rotatable bonds is 2. The Kier molecular flexibility index (Phi) is 2.66. The number of nitrogens with zero attached hydrogens (tertiary/aromatic N) is 2. The number of benzene rings is 2. The van der Waals surface area contributed by atoms with Crippen molar-refractivity contribution in [1.82, 2.24) is 15.2 Å². The summed E-state index contributed by atoms with van der Waals surface area (Å²) in [4.78, 5) is 15.3. The van der Waals surface area contributed by atoms with Crippen LogP contribution < -0.4 is 0 Å². The highest BCUT2D eigenvalue weighted by Gasteiger charge is 2.13. The number of carboxylic acids is 1. The van der Waals surface area contributed by atoms with Crippen molar-refractivity contribution in [1.29, 1.82) is 0 Å².